The number of rotatable bonds is 3. The third-order valence-corrected chi connectivity index (χ3v) is 4.38. The first kappa shape index (κ1) is 15.7. The van der Waals surface area contributed by atoms with Gasteiger partial charge in [-0.3, -0.25) is 14.7 Å². The van der Waals surface area contributed by atoms with E-state index in [2.05, 4.69) is 34.1 Å². The van der Waals surface area contributed by atoms with Crippen LogP contribution in [0.2, 0.25) is 0 Å². The number of benzene rings is 1. The minimum atomic E-state index is 0.118. The Kier molecular flexibility index (Phi) is 4.72. The first-order chi connectivity index (χ1) is 11.1. The third-order valence-electron chi connectivity index (χ3n) is 4.38. The van der Waals surface area contributed by atoms with Gasteiger partial charge in [0.25, 0.3) is 0 Å². The van der Waals surface area contributed by atoms with Crippen LogP contribution in [0.25, 0.3) is 0 Å². The zero-order valence-electron chi connectivity index (χ0n) is 13.8. The van der Waals surface area contributed by atoms with Crippen LogP contribution in [0, 0.1) is 6.92 Å². The molecule has 4 heteroatoms. The van der Waals surface area contributed by atoms with E-state index in [1.165, 1.54) is 5.56 Å². The maximum Gasteiger partial charge on any atom is 0.220 e. The predicted molar refractivity (Wildman–Crippen MR) is 90.8 cm³/mol. The summed E-state index contributed by atoms with van der Waals surface area (Å²) in [5.74, 6) is 0.146. The van der Waals surface area contributed by atoms with Gasteiger partial charge in [0.2, 0.25) is 5.91 Å². The van der Waals surface area contributed by atoms with Crippen LogP contribution in [-0.4, -0.2) is 40.3 Å². The molecule has 120 valence electrons. The summed E-state index contributed by atoms with van der Waals surface area (Å²) in [6.07, 6.45) is 0. The predicted octanol–water partition coefficient (Wildman–Crippen LogP) is 2.80. The summed E-state index contributed by atoms with van der Waals surface area (Å²) >= 11 is 0. The van der Waals surface area contributed by atoms with Crippen LogP contribution in [0.4, 0.5) is 0 Å². The largest absolute Gasteiger partial charge is 0.333 e. The minimum Gasteiger partial charge on any atom is -0.333 e. The topological polar surface area (TPSA) is 36.4 Å². The monoisotopic (exact) mass is 309 g/mol. The highest BCUT2D eigenvalue weighted by Crippen LogP contribution is 2.26. The Hall–Kier alpha value is -2.20. The van der Waals surface area contributed by atoms with E-state index in [0.29, 0.717) is 0 Å². The van der Waals surface area contributed by atoms with Crippen molar-refractivity contribution in [2.24, 2.45) is 0 Å². The van der Waals surface area contributed by atoms with Gasteiger partial charge in [0.1, 0.15) is 0 Å². The summed E-state index contributed by atoms with van der Waals surface area (Å²) in [4.78, 5) is 21.0. The molecule has 23 heavy (non-hydrogen) atoms. The van der Waals surface area contributed by atoms with Crippen molar-refractivity contribution in [3.63, 3.8) is 0 Å². The molecule has 0 bridgehead atoms. The number of aromatic nitrogens is 1. The molecule has 1 fully saturated rings. The standard InChI is InChI=1S/C19H23N3O/c1-15-7-6-10-18(20-15)13-21-11-12-22(16(2)23)19(14-21)17-8-4-3-5-9-17/h3-10,19H,11-14H2,1-2H3. The average molecular weight is 309 g/mol. The van der Waals surface area contributed by atoms with Gasteiger partial charge in [-0.2, -0.15) is 0 Å². The van der Waals surface area contributed by atoms with E-state index in [-0.39, 0.29) is 11.9 Å². The molecule has 1 aromatic heterocycles. The van der Waals surface area contributed by atoms with Gasteiger partial charge < -0.3 is 4.90 Å². The Bertz CT molecular complexity index is 671. The number of hydrogen-bond acceptors (Lipinski definition) is 3. The van der Waals surface area contributed by atoms with Crippen molar-refractivity contribution in [3.8, 4) is 0 Å². The van der Waals surface area contributed by atoms with Crippen molar-refractivity contribution in [2.45, 2.75) is 26.4 Å². The number of aryl methyl sites for hydroxylation is 1. The quantitative estimate of drug-likeness (QED) is 0.875. The van der Waals surface area contributed by atoms with E-state index in [0.717, 1.165) is 37.6 Å². The highest BCUT2D eigenvalue weighted by Gasteiger charge is 2.29. The molecule has 2 aromatic rings. The summed E-state index contributed by atoms with van der Waals surface area (Å²) in [7, 11) is 0. The summed E-state index contributed by atoms with van der Waals surface area (Å²) in [6.45, 7) is 7.01. The van der Waals surface area contributed by atoms with Crippen LogP contribution < -0.4 is 0 Å². The average Bonchev–Trinajstić information content (AvgIpc) is 2.55. The molecule has 1 saturated heterocycles. The lowest BCUT2D eigenvalue weighted by molar-refractivity contribution is -0.134. The zero-order valence-corrected chi connectivity index (χ0v) is 13.8. The summed E-state index contributed by atoms with van der Waals surface area (Å²) in [6, 6.07) is 16.6. The molecule has 0 spiro atoms. The summed E-state index contributed by atoms with van der Waals surface area (Å²) in [5.41, 5.74) is 3.34. The number of carbonyl (C=O) groups is 1. The van der Waals surface area contributed by atoms with E-state index < -0.39 is 0 Å². The first-order valence-electron chi connectivity index (χ1n) is 8.10. The molecule has 1 amide bonds. The molecule has 1 aliphatic heterocycles. The maximum absolute atomic E-state index is 12.0. The van der Waals surface area contributed by atoms with Crippen LogP contribution in [0.1, 0.15) is 29.9 Å². The van der Waals surface area contributed by atoms with Gasteiger partial charge in [-0.1, -0.05) is 36.4 Å². The lowest BCUT2D eigenvalue weighted by Gasteiger charge is -2.41. The molecule has 0 saturated carbocycles. The van der Waals surface area contributed by atoms with Gasteiger partial charge in [-0.25, -0.2) is 0 Å². The van der Waals surface area contributed by atoms with Gasteiger partial charge in [-0.05, 0) is 24.6 Å². The van der Waals surface area contributed by atoms with Crippen LogP contribution in [-0.2, 0) is 11.3 Å². The minimum absolute atomic E-state index is 0.118. The van der Waals surface area contributed by atoms with Crippen molar-refractivity contribution < 1.29 is 4.79 Å². The second-order valence-electron chi connectivity index (χ2n) is 6.14. The molecule has 4 nitrogen and oxygen atoms in total. The van der Waals surface area contributed by atoms with Gasteiger partial charge in [0.05, 0.1) is 11.7 Å². The first-order valence-corrected chi connectivity index (χ1v) is 8.10. The number of nitrogens with zero attached hydrogens (tertiary/aromatic N) is 3. The lowest BCUT2D eigenvalue weighted by atomic mass is 10.0. The molecule has 3 rings (SSSR count). The van der Waals surface area contributed by atoms with E-state index in [4.69, 9.17) is 0 Å². The van der Waals surface area contributed by atoms with Gasteiger partial charge in [-0.15, -0.1) is 0 Å². The van der Waals surface area contributed by atoms with Gasteiger partial charge in [0, 0.05) is 38.8 Å². The van der Waals surface area contributed by atoms with E-state index in [1.54, 1.807) is 6.92 Å². The molecule has 0 aliphatic carbocycles. The van der Waals surface area contributed by atoms with Crippen LogP contribution in [0.5, 0.6) is 0 Å². The molecule has 0 N–H and O–H groups in total. The summed E-state index contributed by atoms with van der Waals surface area (Å²) < 4.78 is 0. The molecule has 0 radical (unpaired) electrons. The Balaban J connectivity index is 1.77. The number of hydrogen-bond donors (Lipinski definition) is 0. The molecule has 2 heterocycles. The van der Waals surface area contributed by atoms with E-state index in [1.807, 2.05) is 36.1 Å². The van der Waals surface area contributed by atoms with Gasteiger partial charge >= 0.3 is 0 Å². The van der Waals surface area contributed by atoms with Crippen molar-refractivity contribution in [2.75, 3.05) is 19.6 Å². The molecule has 1 aliphatic rings. The van der Waals surface area contributed by atoms with Crippen molar-refractivity contribution >= 4 is 5.91 Å². The maximum atomic E-state index is 12.0. The Morgan fingerprint density at radius 3 is 2.61 bits per heavy atom. The fourth-order valence-corrected chi connectivity index (χ4v) is 3.24. The highest BCUT2D eigenvalue weighted by atomic mass is 16.2. The third kappa shape index (κ3) is 3.77. The Labute approximate surface area is 137 Å². The Morgan fingerprint density at radius 2 is 1.91 bits per heavy atom. The fraction of sp³-hybridized carbons (Fsp3) is 0.368. The van der Waals surface area contributed by atoms with Crippen molar-refractivity contribution in [3.05, 3.63) is 65.5 Å². The van der Waals surface area contributed by atoms with Crippen LogP contribution in [0.3, 0.4) is 0 Å². The van der Waals surface area contributed by atoms with E-state index >= 15 is 0 Å². The van der Waals surface area contributed by atoms with E-state index in [9.17, 15) is 4.79 Å². The molecule has 1 unspecified atom stereocenters. The SMILES string of the molecule is CC(=O)N1CCN(Cc2cccc(C)n2)CC1c1ccccc1. The molecular weight excluding hydrogens is 286 g/mol. The van der Waals surface area contributed by atoms with Crippen molar-refractivity contribution in [1.29, 1.82) is 0 Å². The Morgan fingerprint density at radius 1 is 1.13 bits per heavy atom. The second-order valence-corrected chi connectivity index (χ2v) is 6.14. The van der Waals surface area contributed by atoms with Crippen LogP contribution >= 0.6 is 0 Å². The lowest BCUT2D eigenvalue weighted by Crippen LogP contribution is -2.49. The second kappa shape index (κ2) is 6.92. The number of piperazine rings is 1. The molecule has 1 atom stereocenters. The van der Waals surface area contributed by atoms with Gasteiger partial charge in [0.15, 0.2) is 0 Å². The normalized spacial score (nSPS) is 18.9. The number of amides is 1. The van der Waals surface area contributed by atoms with Crippen LogP contribution in [0.15, 0.2) is 48.5 Å². The smallest absolute Gasteiger partial charge is 0.220 e. The zero-order chi connectivity index (χ0) is 16.2. The number of pyridine rings is 1. The molecule has 1 aromatic carbocycles. The fourth-order valence-electron chi connectivity index (χ4n) is 3.24. The number of carbonyl (C=O) groups excluding carboxylic acids is 1. The summed E-state index contributed by atoms with van der Waals surface area (Å²) in [5, 5.41) is 0. The highest BCUT2D eigenvalue weighted by molar-refractivity contribution is 5.74. The van der Waals surface area contributed by atoms with Crippen molar-refractivity contribution in [1.82, 2.24) is 14.8 Å². The molecular formula is C19H23N3O.